The monoisotopic (exact) mass is 496 g/mol. The molecule has 1 unspecified atom stereocenters. The van der Waals surface area contributed by atoms with Gasteiger partial charge in [0.05, 0.1) is 31.0 Å². The smallest absolute Gasteiger partial charge is 0.252 e. The number of pyridine rings is 1. The minimum atomic E-state index is -0.667. The number of amides is 1. The van der Waals surface area contributed by atoms with Crippen LogP contribution in [-0.2, 0) is 7.05 Å². The molecule has 37 heavy (non-hydrogen) atoms. The molecule has 186 valence electrons. The molecule has 5 aromatic rings. The normalized spacial score (nSPS) is 11.8. The quantitative estimate of drug-likeness (QED) is 0.330. The number of rotatable bonds is 7. The van der Waals surface area contributed by atoms with Gasteiger partial charge in [-0.15, -0.1) is 0 Å². The Kier molecular flexibility index (Phi) is 6.55. The van der Waals surface area contributed by atoms with Crippen LogP contribution in [0.5, 0.6) is 11.5 Å². The van der Waals surface area contributed by atoms with Gasteiger partial charge in [-0.2, -0.15) is 0 Å². The van der Waals surface area contributed by atoms with Crippen LogP contribution in [-0.4, -0.2) is 34.7 Å². The highest BCUT2D eigenvalue weighted by atomic mass is 19.1. The molecule has 7 nitrogen and oxygen atoms in total. The first-order valence-electron chi connectivity index (χ1n) is 11.6. The average Bonchev–Trinajstić information content (AvgIpc) is 3.35. The molecule has 8 heteroatoms. The predicted molar refractivity (Wildman–Crippen MR) is 139 cm³/mol. The second kappa shape index (κ2) is 10.1. The van der Waals surface area contributed by atoms with Gasteiger partial charge in [-0.1, -0.05) is 30.3 Å². The first-order chi connectivity index (χ1) is 18.0. The van der Waals surface area contributed by atoms with Gasteiger partial charge >= 0.3 is 0 Å². The number of ether oxygens (including phenoxy) is 2. The predicted octanol–water partition coefficient (Wildman–Crippen LogP) is 5.31. The zero-order valence-electron chi connectivity index (χ0n) is 20.6. The molecule has 2 aromatic heterocycles. The number of aromatic nitrogens is 3. The highest BCUT2D eigenvalue weighted by molar-refractivity contribution is 6.07. The summed E-state index contributed by atoms with van der Waals surface area (Å²) in [5.41, 5.74) is 3.05. The van der Waals surface area contributed by atoms with Crippen molar-refractivity contribution in [1.82, 2.24) is 19.9 Å². The number of imidazole rings is 1. The van der Waals surface area contributed by atoms with Crippen molar-refractivity contribution in [3.8, 4) is 22.8 Å². The molecule has 1 N–H and O–H groups in total. The fraction of sp³-hybridized carbons (Fsp3) is 0.138. The van der Waals surface area contributed by atoms with Crippen LogP contribution >= 0.6 is 0 Å². The third-order valence-electron chi connectivity index (χ3n) is 6.21. The Balaban J connectivity index is 1.60. The number of hydrogen-bond donors (Lipinski definition) is 1. The molecule has 0 aliphatic rings. The lowest BCUT2D eigenvalue weighted by atomic mass is 10.0. The molecule has 0 saturated heterocycles. The van der Waals surface area contributed by atoms with Gasteiger partial charge in [-0.3, -0.25) is 4.79 Å². The van der Waals surface area contributed by atoms with Crippen molar-refractivity contribution in [3.63, 3.8) is 0 Å². The summed E-state index contributed by atoms with van der Waals surface area (Å²) in [4.78, 5) is 23.0. The third-order valence-corrected chi connectivity index (χ3v) is 6.21. The standard InChI is InChI=1S/C29H25FN4O3/c1-34-14-13-31-28(34)27(19-7-6-8-20(30)15-19)33-29(35)22-17-24(32-23-10-5-4-9-21(22)23)18-11-12-25(36-2)26(16-18)37-3/h4-17,27H,1-3H3,(H,33,35). The van der Waals surface area contributed by atoms with E-state index in [1.54, 1.807) is 55.4 Å². The summed E-state index contributed by atoms with van der Waals surface area (Å²) >= 11 is 0. The van der Waals surface area contributed by atoms with Crippen LogP contribution in [0.2, 0.25) is 0 Å². The molecular weight excluding hydrogens is 471 g/mol. The maximum Gasteiger partial charge on any atom is 0.252 e. The molecule has 2 heterocycles. The van der Waals surface area contributed by atoms with Crippen molar-refractivity contribution in [1.29, 1.82) is 0 Å². The zero-order valence-corrected chi connectivity index (χ0v) is 20.6. The number of nitrogens with one attached hydrogen (secondary N) is 1. The number of halogens is 1. The maximum atomic E-state index is 14.1. The minimum Gasteiger partial charge on any atom is -0.493 e. The highest BCUT2D eigenvalue weighted by Crippen LogP contribution is 2.33. The third kappa shape index (κ3) is 4.73. The fourth-order valence-electron chi connectivity index (χ4n) is 4.35. The number of para-hydroxylation sites is 1. The Morgan fingerprint density at radius 3 is 2.51 bits per heavy atom. The minimum absolute atomic E-state index is 0.336. The summed E-state index contributed by atoms with van der Waals surface area (Å²) in [6.07, 6.45) is 3.43. The van der Waals surface area contributed by atoms with E-state index in [1.165, 1.54) is 12.1 Å². The fourth-order valence-corrected chi connectivity index (χ4v) is 4.35. The number of hydrogen-bond acceptors (Lipinski definition) is 5. The molecule has 0 aliphatic carbocycles. The van der Waals surface area contributed by atoms with Gasteiger partial charge in [-0.05, 0) is 48.0 Å². The van der Waals surface area contributed by atoms with Crippen LogP contribution in [0.25, 0.3) is 22.2 Å². The molecule has 0 bridgehead atoms. The van der Waals surface area contributed by atoms with Crippen molar-refractivity contribution in [2.24, 2.45) is 7.05 Å². The van der Waals surface area contributed by atoms with Crippen molar-refractivity contribution in [2.45, 2.75) is 6.04 Å². The van der Waals surface area contributed by atoms with Gasteiger partial charge < -0.3 is 19.4 Å². The summed E-state index contributed by atoms with van der Waals surface area (Å²) in [5.74, 6) is 1.01. The van der Waals surface area contributed by atoms with E-state index in [9.17, 15) is 9.18 Å². The van der Waals surface area contributed by atoms with Gasteiger partial charge in [0.1, 0.15) is 17.7 Å². The van der Waals surface area contributed by atoms with Crippen molar-refractivity contribution >= 4 is 16.8 Å². The summed E-state index contributed by atoms with van der Waals surface area (Å²) in [6.45, 7) is 0. The summed E-state index contributed by atoms with van der Waals surface area (Å²) in [5, 5.41) is 3.77. The SMILES string of the molecule is COc1ccc(-c2cc(C(=O)NC(c3cccc(F)c3)c3nccn3C)c3ccccc3n2)cc1OC. The van der Waals surface area contributed by atoms with E-state index in [0.29, 0.717) is 45.0 Å². The van der Waals surface area contributed by atoms with Crippen LogP contribution in [0, 0.1) is 5.82 Å². The molecule has 0 saturated carbocycles. The van der Waals surface area contributed by atoms with E-state index < -0.39 is 11.9 Å². The Morgan fingerprint density at radius 2 is 1.78 bits per heavy atom. The van der Waals surface area contributed by atoms with Gasteiger partial charge in [0.2, 0.25) is 0 Å². The molecule has 0 radical (unpaired) electrons. The van der Waals surface area contributed by atoms with Crippen LogP contribution in [0.4, 0.5) is 4.39 Å². The largest absolute Gasteiger partial charge is 0.493 e. The molecule has 0 fully saturated rings. The summed E-state index contributed by atoms with van der Waals surface area (Å²) in [6, 6.07) is 20.2. The average molecular weight is 497 g/mol. The van der Waals surface area contributed by atoms with E-state index in [2.05, 4.69) is 10.3 Å². The van der Waals surface area contributed by atoms with Gasteiger partial charge in [0, 0.05) is 30.4 Å². The molecule has 1 amide bonds. The van der Waals surface area contributed by atoms with Gasteiger partial charge in [0.15, 0.2) is 11.5 Å². The lowest BCUT2D eigenvalue weighted by Crippen LogP contribution is -2.31. The second-order valence-electron chi connectivity index (χ2n) is 8.50. The number of benzene rings is 3. The van der Waals surface area contributed by atoms with E-state index in [-0.39, 0.29) is 5.91 Å². The highest BCUT2D eigenvalue weighted by Gasteiger charge is 2.24. The van der Waals surface area contributed by atoms with Crippen molar-refractivity contribution in [2.75, 3.05) is 14.2 Å². The lowest BCUT2D eigenvalue weighted by molar-refractivity contribution is 0.0942. The van der Waals surface area contributed by atoms with Crippen LogP contribution < -0.4 is 14.8 Å². The first kappa shape index (κ1) is 24.0. The van der Waals surface area contributed by atoms with Crippen molar-refractivity contribution < 1.29 is 18.7 Å². The Hall–Kier alpha value is -4.72. The summed E-state index contributed by atoms with van der Waals surface area (Å²) in [7, 11) is 4.97. The molecule has 1 atom stereocenters. The number of fused-ring (bicyclic) bond motifs is 1. The van der Waals surface area contributed by atoms with E-state index in [1.807, 2.05) is 43.4 Å². The molecule has 0 aliphatic heterocycles. The molecule has 3 aromatic carbocycles. The van der Waals surface area contributed by atoms with E-state index in [4.69, 9.17) is 14.5 Å². The molecular formula is C29H25FN4O3. The zero-order chi connectivity index (χ0) is 25.9. The molecule has 0 spiro atoms. The topological polar surface area (TPSA) is 78.3 Å². The molecule has 5 rings (SSSR count). The number of aryl methyl sites for hydroxylation is 1. The van der Waals surface area contributed by atoms with Crippen molar-refractivity contribution in [3.05, 3.63) is 108 Å². The van der Waals surface area contributed by atoms with E-state index >= 15 is 0 Å². The summed E-state index contributed by atoms with van der Waals surface area (Å²) < 4.78 is 26.7. The van der Waals surface area contributed by atoms with Gasteiger partial charge in [0.25, 0.3) is 5.91 Å². The number of methoxy groups -OCH3 is 2. The van der Waals surface area contributed by atoms with Crippen LogP contribution in [0.3, 0.4) is 0 Å². The number of carbonyl (C=O) groups excluding carboxylic acids is 1. The Bertz CT molecular complexity index is 1600. The number of nitrogens with zero attached hydrogens (tertiary/aromatic N) is 3. The Morgan fingerprint density at radius 1 is 0.973 bits per heavy atom. The van der Waals surface area contributed by atoms with Crippen LogP contribution in [0.15, 0.2) is 85.2 Å². The van der Waals surface area contributed by atoms with Crippen LogP contribution in [0.1, 0.15) is 27.8 Å². The second-order valence-corrected chi connectivity index (χ2v) is 8.50. The maximum absolute atomic E-state index is 14.1. The van der Waals surface area contributed by atoms with Gasteiger partial charge in [-0.25, -0.2) is 14.4 Å². The number of carbonyl (C=O) groups is 1. The Labute approximate surface area is 213 Å². The lowest BCUT2D eigenvalue weighted by Gasteiger charge is -2.20. The first-order valence-corrected chi connectivity index (χ1v) is 11.6. The van der Waals surface area contributed by atoms with E-state index in [0.717, 1.165) is 5.56 Å².